The molecule has 1 fully saturated rings. The Kier molecular flexibility index (Phi) is 3.83. The first-order chi connectivity index (χ1) is 7.15. The Hall–Kier alpha value is 0.1000. The quantitative estimate of drug-likeness (QED) is 0.900. The molecule has 1 saturated heterocycles. The molecule has 1 aromatic rings. The highest BCUT2D eigenvalue weighted by molar-refractivity contribution is 9.10. The minimum Gasteiger partial charge on any atom is -0.309 e. The van der Waals surface area contributed by atoms with Crippen molar-refractivity contribution in [3.63, 3.8) is 0 Å². The molecule has 2 rings (SSSR count). The van der Waals surface area contributed by atoms with Gasteiger partial charge in [0, 0.05) is 41.1 Å². The molecular formula is C11H17BrN2S. The zero-order valence-corrected chi connectivity index (χ0v) is 11.6. The van der Waals surface area contributed by atoms with E-state index in [0.717, 1.165) is 19.6 Å². The summed E-state index contributed by atoms with van der Waals surface area (Å²) in [5, 5.41) is 5.70. The number of hydrogen-bond acceptors (Lipinski definition) is 3. The van der Waals surface area contributed by atoms with Crippen LogP contribution in [0.2, 0.25) is 0 Å². The maximum absolute atomic E-state index is 3.59. The first kappa shape index (κ1) is 11.6. The van der Waals surface area contributed by atoms with Crippen LogP contribution in [0.15, 0.2) is 15.9 Å². The fraction of sp³-hybridized carbons (Fsp3) is 0.636. The third-order valence-electron chi connectivity index (χ3n) is 2.69. The van der Waals surface area contributed by atoms with E-state index in [9.17, 15) is 0 Å². The highest BCUT2D eigenvalue weighted by Crippen LogP contribution is 2.24. The lowest BCUT2D eigenvalue weighted by Gasteiger charge is -2.35. The van der Waals surface area contributed by atoms with Crippen molar-refractivity contribution in [3.8, 4) is 0 Å². The fourth-order valence-corrected chi connectivity index (χ4v) is 3.73. The molecule has 2 unspecified atom stereocenters. The van der Waals surface area contributed by atoms with E-state index in [1.165, 1.54) is 9.35 Å². The van der Waals surface area contributed by atoms with Crippen molar-refractivity contribution in [2.24, 2.45) is 0 Å². The number of nitrogens with one attached hydrogen (secondary N) is 1. The minimum absolute atomic E-state index is 0.604. The van der Waals surface area contributed by atoms with Crippen LogP contribution in [-0.2, 0) is 6.54 Å². The summed E-state index contributed by atoms with van der Waals surface area (Å²) in [5.74, 6) is 0. The van der Waals surface area contributed by atoms with E-state index in [1.807, 2.05) is 11.3 Å². The van der Waals surface area contributed by atoms with Crippen LogP contribution in [0.1, 0.15) is 18.7 Å². The summed E-state index contributed by atoms with van der Waals surface area (Å²) in [7, 11) is 0. The molecule has 0 spiro atoms. The second kappa shape index (κ2) is 4.95. The number of hydrogen-bond donors (Lipinski definition) is 1. The van der Waals surface area contributed by atoms with Crippen molar-refractivity contribution in [3.05, 3.63) is 20.8 Å². The predicted octanol–water partition coefficient (Wildman–Crippen LogP) is 2.69. The Balaban J connectivity index is 1.97. The van der Waals surface area contributed by atoms with Crippen LogP contribution in [0.25, 0.3) is 0 Å². The van der Waals surface area contributed by atoms with Gasteiger partial charge in [0.05, 0.1) is 0 Å². The Labute approximate surface area is 104 Å². The molecule has 2 nitrogen and oxygen atoms in total. The van der Waals surface area contributed by atoms with Gasteiger partial charge in [-0.15, -0.1) is 11.3 Å². The minimum atomic E-state index is 0.604. The Morgan fingerprint density at radius 1 is 1.47 bits per heavy atom. The molecular weight excluding hydrogens is 272 g/mol. The second-order valence-corrected chi connectivity index (χ2v) is 6.21. The van der Waals surface area contributed by atoms with E-state index in [4.69, 9.17) is 0 Å². The van der Waals surface area contributed by atoms with Crippen LogP contribution >= 0.6 is 27.3 Å². The smallest absolute Gasteiger partial charge is 0.0340 e. The first-order valence-corrected chi connectivity index (χ1v) is 7.02. The van der Waals surface area contributed by atoms with Crippen molar-refractivity contribution < 1.29 is 0 Å². The van der Waals surface area contributed by atoms with E-state index in [-0.39, 0.29) is 0 Å². The number of piperazine rings is 1. The fourth-order valence-electron chi connectivity index (χ4n) is 2.21. The van der Waals surface area contributed by atoms with Crippen molar-refractivity contribution in [2.45, 2.75) is 32.5 Å². The molecule has 1 aliphatic rings. The van der Waals surface area contributed by atoms with Crippen LogP contribution in [0.4, 0.5) is 0 Å². The zero-order valence-electron chi connectivity index (χ0n) is 9.16. The van der Waals surface area contributed by atoms with Gasteiger partial charge in [-0.05, 0) is 41.2 Å². The third kappa shape index (κ3) is 3.03. The summed E-state index contributed by atoms with van der Waals surface area (Å²) in [6.45, 7) is 7.89. The molecule has 0 amide bonds. The maximum atomic E-state index is 3.59. The molecule has 0 radical (unpaired) electrons. The Bertz CT molecular complexity index is 316. The van der Waals surface area contributed by atoms with Crippen LogP contribution < -0.4 is 5.32 Å². The van der Waals surface area contributed by atoms with Crippen molar-refractivity contribution in [2.75, 3.05) is 13.1 Å². The van der Waals surface area contributed by atoms with Crippen molar-refractivity contribution >= 4 is 27.3 Å². The standard InChI is InChI=1S/C11H17BrN2S/c1-8-5-14(6-9(2)13-8)7-11-10(12)3-4-15-11/h3-4,8-9,13H,5-7H2,1-2H3. The lowest BCUT2D eigenvalue weighted by molar-refractivity contribution is 0.167. The van der Waals surface area contributed by atoms with Crippen LogP contribution in [0, 0.1) is 0 Å². The molecule has 15 heavy (non-hydrogen) atoms. The van der Waals surface area contributed by atoms with Crippen LogP contribution in [0.5, 0.6) is 0 Å². The molecule has 0 saturated carbocycles. The first-order valence-electron chi connectivity index (χ1n) is 5.35. The molecule has 2 heterocycles. The van der Waals surface area contributed by atoms with Gasteiger partial charge in [-0.1, -0.05) is 0 Å². The van der Waals surface area contributed by atoms with E-state index in [0.29, 0.717) is 12.1 Å². The summed E-state index contributed by atoms with van der Waals surface area (Å²) in [6.07, 6.45) is 0. The maximum Gasteiger partial charge on any atom is 0.0340 e. The lowest BCUT2D eigenvalue weighted by Crippen LogP contribution is -2.53. The molecule has 0 bridgehead atoms. The highest BCUT2D eigenvalue weighted by Gasteiger charge is 2.21. The second-order valence-electron chi connectivity index (χ2n) is 4.35. The molecule has 0 aromatic carbocycles. The summed E-state index contributed by atoms with van der Waals surface area (Å²) >= 11 is 5.43. The van der Waals surface area contributed by atoms with Gasteiger partial charge in [0.1, 0.15) is 0 Å². The third-order valence-corrected chi connectivity index (χ3v) is 4.60. The molecule has 4 heteroatoms. The zero-order chi connectivity index (χ0) is 10.8. The van der Waals surface area contributed by atoms with Crippen molar-refractivity contribution in [1.82, 2.24) is 10.2 Å². The van der Waals surface area contributed by atoms with Gasteiger partial charge in [-0.25, -0.2) is 0 Å². The van der Waals surface area contributed by atoms with Crippen molar-refractivity contribution in [1.29, 1.82) is 0 Å². The van der Waals surface area contributed by atoms with E-state index >= 15 is 0 Å². The molecule has 0 aliphatic carbocycles. The number of halogens is 1. The Morgan fingerprint density at radius 2 is 2.13 bits per heavy atom. The summed E-state index contributed by atoms with van der Waals surface area (Å²) < 4.78 is 1.26. The predicted molar refractivity (Wildman–Crippen MR) is 69.4 cm³/mol. The molecule has 1 N–H and O–H groups in total. The number of rotatable bonds is 2. The van der Waals surface area contributed by atoms with Gasteiger partial charge in [0.15, 0.2) is 0 Å². The normalized spacial score (nSPS) is 28.2. The van der Waals surface area contributed by atoms with Gasteiger partial charge in [-0.2, -0.15) is 0 Å². The number of thiophene rings is 1. The van der Waals surface area contributed by atoms with Gasteiger partial charge in [0.25, 0.3) is 0 Å². The van der Waals surface area contributed by atoms with Gasteiger partial charge in [-0.3, -0.25) is 4.90 Å². The Morgan fingerprint density at radius 3 is 2.67 bits per heavy atom. The largest absolute Gasteiger partial charge is 0.309 e. The molecule has 1 aromatic heterocycles. The average molecular weight is 289 g/mol. The van der Waals surface area contributed by atoms with E-state index < -0.39 is 0 Å². The number of nitrogens with zero attached hydrogens (tertiary/aromatic N) is 1. The average Bonchev–Trinajstić information content (AvgIpc) is 2.50. The van der Waals surface area contributed by atoms with Crippen LogP contribution in [0.3, 0.4) is 0 Å². The van der Waals surface area contributed by atoms with E-state index in [1.54, 1.807) is 0 Å². The van der Waals surface area contributed by atoms with Gasteiger partial charge >= 0.3 is 0 Å². The highest BCUT2D eigenvalue weighted by atomic mass is 79.9. The topological polar surface area (TPSA) is 15.3 Å². The lowest BCUT2D eigenvalue weighted by atomic mass is 10.1. The van der Waals surface area contributed by atoms with Crippen LogP contribution in [-0.4, -0.2) is 30.1 Å². The SMILES string of the molecule is CC1CN(Cc2sccc2Br)CC(C)N1. The summed E-state index contributed by atoms with van der Waals surface area (Å²) in [5.41, 5.74) is 0. The monoisotopic (exact) mass is 288 g/mol. The summed E-state index contributed by atoms with van der Waals surface area (Å²) in [6, 6.07) is 3.34. The molecule has 1 aliphatic heterocycles. The molecule has 84 valence electrons. The van der Waals surface area contributed by atoms with E-state index in [2.05, 4.69) is 51.4 Å². The molecule has 2 atom stereocenters. The van der Waals surface area contributed by atoms with Gasteiger partial charge in [0.2, 0.25) is 0 Å². The van der Waals surface area contributed by atoms with Gasteiger partial charge < -0.3 is 5.32 Å². The summed E-state index contributed by atoms with van der Waals surface area (Å²) in [4.78, 5) is 3.97.